The lowest BCUT2D eigenvalue weighted by Gasteiger charge is -2.36. The Morgan fingerprint density at radius 1 is 1.19 bits per heavy atom. The number of rotatable bonds is 5. The molecule has 0 spiro atoms. The third kappa shape index (κ3) is 3.85. The van der Waals surface area contributed by atoms with E-state index >= 15 is 0 Å². The van der Waals surface area contributed by atoms with Crippen molar-refractivity contribution in [3.8, 4) is 0 Å². The van der Waals surface area contributed by atoms with E-state index in [0.717, 1.165) is 37.9 Å². The first-order chi connectivity index (χ1) is 10.0. The Labute approximate surface area is 128 Å². The highest BCUT2D eigenvalue weighted by molar-refractivity contribution is 5.83. The normalized spacial score (nSPS) is 19.2. The molecule has 2 rings (SSSR count). The first kappa shape index (κ1) is 16.0. The number of nitrogens with one attached hydrogen (secondary N) is 1. The Kier molecular flexibility index (Phi) is 5.40. The zero-order valence-electron chi connectivity index (χ0n) is 13.4. The molecule has 1 atom stereocenters. The second-order valence-corrected chi connectivity index (χ2v) is 6.54. The highest BCUT2D eigenvalue weighted by Crippen LogP contribution is 2.35. The van der Waals surface area contributed by atoms with Gasteiger partial charge in [0.1, 0.15) is 0 Å². The predicted molar refractivity (Wildman–Crippen MR) is 85.2 cm³/mol. The molecule has 1 N–H and O–H groups in total. The molecule has 0 saturated carbocycles. The van der Waals surface area contributed by atoms with Crippen LogP contribution in [0, 0.1) is 5.92 Å². The largest absolute Gasteiger partial charge is 0.462 e. The van der Waals surface area contributed by atoms with Crippen molar-refractivity contribution in [1.82, 2.24) is 5.32 Å². The molecule has 1 unspecified atom stereocenters. The van der Waals surface area contributed by atoms with E-state index < -0.39 is 5.41 Å². The van der Waals surface area contributed by atoms with Crippen LogP contribution in [0.15, 0.2) is 30.3 Å². The van der Waals surface area contributed by atoms with Gasteiger partial charge in [0.15, 0.2) is 0 Å². The van der Waals surface area contributed by atoms with Crippen LogP contribution < -0.4 is 5.32 Å². The van der Waals surface area contributed by atoms with Crippen LogP contribution in [0.2, 0.25) is 0 Å². The number of hydrogen-bond acceptors (Lipinski definition) is 3. The van der Waals surface area contributed by atoms with Gasteiger partial charge in [0.25, 0.3) is 0 Å². The molecule has 3 nitrogen and oxygen atoms in total. The van der Waals surface area contributed by atoms with Gasteiger partial charge in [-0.15, -0.1) is 0 Å². The summed E-state index contributed by atoms with van der Waals surface area (Å²) in [6.07, 6.45) is 2.51. The summed E-state index contributed by atoms with van der Waals surface area (Å²) in [5, 5.41) is 3.34. The van der Waals surface area contributed by atoms with Crippen LogP contribution >= 0.6 is 0 Å². The van der Waals surface area contributed by atoms with Crippen molar-refractivity contribution in [3.05, 3.63) is 35.9 Å². The maximum absolute atomic E-state index is 12.9. The monoisotopic (exact) mass is 289 g/mol. The number of carbonyl (C=O) groups excluding carboxylic acids is 1. The SMILES string of the molecule is CC(C)CC(C)OC(=O)C1(c2ccccc2)CCNCC1. The average molecular weight is 289 g/mol. The zero-order chi connectivity index (χ0) is 15.3. The van der Waals surface area contributed by atoms with Gasteiger partial charge in [-0.3, -0.25) is 4.79 Å². The second kappa shape index (κ2) is 7.08. The van der Waals surface area contributed by atoms with E-state index in [2.05, 4.69) is 31.3 Å². The van der Waals surface area contributed by atoms with Gasteiger partial charge in [-0.2, -0.15) is 0 Å². The van der Waals surface area contributed by atoms with Crippen molar-refractivity contribution in [2.24, 2.45) is 5.92 Å². The van der Waals surface area contributed by atoms with Crippen LogP contribution in [0.4, 0.5) is 0 Å². The Balaban J connectivity index is 2.18. The van der Waals surface area contributed by atoms with E-state index in [4.69, 9.17) is 4.74 Å². The van der Waals surface area contributed by atoms with Crippen LogP contribution in [0.1, 0.15) is 45.6 Å². The lowest BCUT2D eigenvalue weighted by molar-refractivity contribution is -0.157. The van der Waals surface area contributed by atoms with E-state index in [9.17, 15) is 4.79 Å². The molecule has 0 radical (unpaired) electrons. The quantitative estimate of drug-likeness (QED) is 0.845. The van der Waals surface area contributed by atoms with Crippen LogP contribution in [0.25, 0.3) is 0 Å². The summed E-state index contributed by atoms with van der Waals surface area (Å²) in [5.41, 5.74) is 0.617. The van der Waals surface area contributed by atoms with Crippen LogP contribution in [-0.2, 0) is 14.9 Å². The maximum Gasteiger partial charge on any atom is 0.316 e. The highest BCUT2D eigenvalue weighted by atomic mass is 16.5. The van der Waals surface area contributed by atoms with E-state index in [1.54, 1.807) is 0 Å². The van der Waals surface area contributed by atoms with Gasteiger partial charge in [0.2, 0.25) is 0 Å². The van der Waals surface area contributed by atoms with Crippen molar-refractivity contribution < 1.29 is 9.53 Å². The molecule has 1 aliphatic rings. The van der Waals surface area contributed by atoms with E-state index in [1.807, 2.05) is 25.1 Å². The Hall–Kier alpha value is -1.35. The van der Waals surface area contributed by atoms with Gasteiger partial charge in [-0.05, 0) is 50.8 Å². The molecular formula is C18H27NO2. The lowest BCUT2D eigenvalue weighted by atomic mass is 9.73. The number of benzene rings is 1. The molecule has 0 aromatic heterocycles. The summed E-state index contributed by atoms with van der Waals surface area (Å²) in [4.78, 5) is 12.9. The Morgan fingerprint density at radius 2 is 1.81 bits per heavy atom. The van der Waals surface area contributed by atoms with Crippen molar-refractivity contribution in [2.75, 3.05) is 13.1 Å². The lowest BCUT2D eigenvalue weighted by Crippen LogP contribution is -2.47. The summed E-state index contributed by atoms with van der Waals surface area (Å²) >= 11 is 0. The summed E-state index contributed by atoms with van der Waals surface area (Å²) in [6.45, 7) is 8.03. The smallest absolute Gasteiger partial charge is 0.316 e. The van der Waals surface area contributed by atoms with Gasteiger partial charge >= 0.3 is 5.97 Å². The molecule has 1 aromatic rings. The number of carbonyl (C=O) groups is 1. The fraction of sp³-hybridized carbons (Fsp3) is 0.611. The third-order valence-electron chi connectivity index (χ3n) is 4.29. The molecular weight excluding hydrogens is 262 g/mol. The van der Waals surface area contributed by atoms with Gasteiger partial charge in [-0.1, -0.05) is 44.2 Å². The first-order valence-electron chi connectivity index (χ1n) is 8.02. The molecule has 21 heavy (non-hydrogen) atoms. The standard InChI is InChI=1S/C18H27NO2/c1-14(2)13-15(3)21-17(20)18(9-11-19-12-10-18)16-7-5-4-6-8-16/h4-8,14-15,19H,9-13H2,1-3H3. The molecule has 116 valence electrons. The summed E-state index contributed by atoms with van der Waals surface area (Å²) in [7, 11) is 0. The minimum absolute atomic E-state index is 0.0204. The molecule has 0 bridgehead atoms. The van der Waals surface area contributed by atoms with Gasteiger partial charge in [0, 0.05) is 0 Å². The second-order valence-electron chi connectivity index (χ2n) is 6.54. The van der Waals surface area contributed by atoms with Crippen LogP contribution in [0.3, 0.4) is 0 Å². The number of hydrogen-bond donors (Lipinski definition) is 1. The van der Waals surface area contributed by atoms with Gasteiger partial charge in [-0.25, -0.2) is 0 Å². The van der Waals surface area contributed by atoms with E-state index in [-0.39, 0.29) is 12.1 Å². The third-order valence-corrected chi connectivity index (χ3v) is 4.29. The first-order valence-corrected chi connectivity index (χ1v) is 8.02. The van der Waals surface area contributed by atoms with Crippen LogP contribution in [0.5, 0.6) is 0 Å². The predicted octanol–water partition coefficient (Wildman–Crippen LogP) is 3.29. The number of piperidine rings is 1. The van der Waals surface area contributed by atoms with Crippen molar-refractivity contribution in [2.45, 2.75) is 51.6 Å². The molecule has 1 saturated heterocycles. The molecule has 0 aliphatic carbocycles. The average Bonchev–Trinajstić information content (AvgIpc) is 2.48. The minimum atomic E-state index is -0.474. The van der Waals surface area contributed by atoms with Crippen LogP contribution in [-0.4, -0.2) is 25.2 Å². The topological polar surface area (TPSA) is 38.3 Å². The highest BCUT2D eigenvalue weighted by Gasteiger charge is 2.43. The molecule has 1 aliphatic heterocycles. The van der Waals surface area contributed by atoms with Gasteiger partial charge in [0.05, 0.1) is 11.5 Å². The molecule has 1 heterocycles. The van der Waals surface area contributed by atoms with Crippen molar-refractivity contribution >= 4 is 5.97 Å². The minimum Gasteiger partial charge on any atom is -0.462 e. The van der Waals surface area contributed by atoms with E-state index in [1.165, 1.54) is 0 Å². The maximum atomic E-state index is 12.9. The molecule has 3 heteroatoms. The zero-order valence-corrected chi connectivity index (χ0v) is 13.4. The fourth-order valence-electron chi connectivity index (χ4n) is 3.23. The Morgan fingerprint density at radius 3 is 2.38 bits per heavy atom. The fourth-order valence-corrected chi connectivity index (χ4v) is 3.23. The molecule has 1 aromatic carbocycles. The van der Waals surface area contributed by atoms with E-state index in [0.29, 0.717) is 5.92 Å². The summed E-state index contributed by atoms with van der Waals surface area (Å²) < 4.78 is 5.79. The summed E-state index contributed by atoms with van der Waals surface area (Å²) in [6, 6.07) is 10.1. The molecule has 0 amide bonds. The summed E-state index contributed by atoms with van der Waals surface area (Å²) in [5.74, 6) is 0.483. The molecule has 1 fully saturated rings. The number of esters is 1. The van der Waals surface area contributed by atoms with Crippen molar-refractivity contribution in [1.29, 1.82) is 0 Å². The van der Waals surface area contributed by atoms with Crippen molar-refractivity contribution in [3.63, 3.8) is 0 Å². The van der Waals surface area contributed by atoms with Gasteiger partial charge < -0.3 is 10.1 Å². The Bertz CT molecular complexity index is 450. The number of ether oxygens (including phenoxy) is 1.